The van der Waals surface area contributed by atoms with Crippen molar-refractivity contribution in [2.45, 2.75) is 6.92 Å². The third kappa shape index (κ3) is 2.08. The normalized spacial score (nSPS) is 10.7. The number of thiazole rings is 1. The van der Waals surface area contributed by atoms with Crippen LogP contribution in [0.1, 0.15) is 5.56 Å². The van der Waals surface area contributed by atoms with E-state index in [1.165, 1.54) is 30.4 Å². The molecule has 15 heavy (non-hydrogen) atoms. The molecule has 1 aromatic heterocycles. The number of rotatable bonds is 1. The highest BCUT2D eigenvalue weighted by atomic mass is 79.9. The van der Waals surface area contributed by atoms with Gasteiger partial charge in [-0.15, -0.1) is 11.3 Å². The Labute approximate surface area is 97.9 Å². The summed E-state index contributed by atoms with van der Waals surface area (Å²) in [6, 6.07) is 2.35. The number of benzene rings is 1. The molecular weight excluding hydrogens is 284 g/mol. The quantitative estimate of drug-likeness (QED) is 0.768. The molecule has 1 aromatic carbocycles. The second kappa shape index (κ2) is 3.98. The molecule has 0 amide bonds. The van der Waals surface area contributed by atoms with Crippen LogP contribution in [0.15, 0.2) is 21.4 Å². The lowest BCUT2D eigenvalue weighted by atomic mass is 10.1. The largest absolute Gasteiger partial charge is 0.229 e. The standard InChI is InChI=1S/C10H6BrF2NS/c1-5-2-8(13)6(3-7(5)12)9-4-15-10(11)14-9/h2-4H,1H3. The molecule has 0 N–H and O–H groups in total. The molecule has 0 saturated heterocycles. The highest BCUT2D eigenvalue weighted by Gasteiger charge is 2.11. The van der Waals surface area contributed by atoms with Gasteiger partial charge in [-0.1, -0.05) is 0 Å². The highest BCUT2D eigenvalue weighted by Crippen LogP contribution is 2.28. The van der Waals surface area contributed by atoms with Crippen molar-refractivity contribution < 1.29 is 8.78 Å². The molecule has 0 aliphatic carbocycles. The van der Waals surface area contributed by atoms with Crippen molar-refractivity contribution in [1.29, 1.82) is 0 Å². The van der Waals surface area contributed by atoms with Crippen LogP contribution in [0.5, 0.6) is 0 Å². The lowest BCUT2D eigenvalue weighted by Crippen LogP contribution is -1.90. The Hall–Kier alpha value is -0.810. The summed E-state index contributed by atoms with van der Waals surface area (Å²) in [5, 5.41) is 1.68. The first-order chi connectivity index (χ1) is 7.08. The average molecular weight is 290 g/mol. The van der Waals surface area contributed by atoms with E-state index in [0.717, 1.165) is 0 Å². The fourth-order valence-corrected chi connectivity index (χ4v) is 2.23. The fraction of sp³-hybridized carbons (Fsp3) is 0.100. The third-order valence-electron chi connectivity index (χ3n) is 2.00. The van der Waals surface area contributed by atoms with E-state index in [4.69, 9.17) is 0 Å². The average Bonchev–Trinajstić information content (AvgIpc) is 2.58. The molecule has 0 saturated carbocycles. The molecule has 2 rings (SSSR count). The molecule has 2 aromatic rings. The van der Waals surface area contributed by atoms with Gasteiger partial charge in [0.15, 0.2) is 3.92 Å². The monoisotopic (exact) mass is 289 g/mol. The van der Waals surface area contributed by atoms with Gasteiger partial charge in [0.2, 0.25) is 0 Å². The first-order valence-electron chi connectivity index (χ1n) is 4.15. The summed E-state index contributed by atoms with van der Waals surface area (Å²) in [6.45, 7) is 1.53. The van der Waals surface area contributed by atoms with Crippen LogP contribution in [-0.2, 0) is 0 Å². The molecule has 0 bridgehead atoms. The van der Waals surface area contributed by atoms with E-state index < -0.39 is 11.6 Å². The summed E-state index contributed by atoms with van der Waals surface area (Å²) >= 11 is 4.51. The van der Waals surface area contributed by atoms with Gasteiger partial charge in [0.25, 0.3) is 0 Å². The smallest absolute Gasteiger partial charge is 0.159 e. The molecule has 0 fully saturated rings. The van der Waals surface area contributed by atoms with Crippen LogP contribution in [0.2, 0.25) is 0 Å². The minimum absolute atomic E-state index is 0.194. The van der Waals surface area contributed by atoms with Crippen molar-refractivity contribution in [3.05, 3.63) is 38.6 Å². The van der Waals surface area contributed by atoms with Crippen molar-refractivity contribution >= 4 is 27.3 Å². The maximum Gasteiger partial charge on any atom is 0.159 e. The first-order valence-corrected chi connectivity index (χ1v) is 5.82. The molecule has 5 heteroatoms. The van der Waals surface area contributed by atoms with Gasteiger partial charge in [-0.25, -0.2) is 13.8 Å². The highest BCUT2D eigenvalue weighted by molar-refractivity contribution is 9.11. The lowest BCUT2D eigenvalue weighted by Gasteiger charge is -2.02. The van der Waals surface area contributed by atoms with Gasteiger partial charge in [-0.2, -0.15) is 0 Å². The summed E-state index contributed by atoms with van der Waals surface area (Å²) < 4.78 is 27.4. The third-order valence-corrected chi connectivity index (χ3v) is 3.37. The number of aryl methyl sites for hydroxylation is 1. The second-order valence-electron chi connectivity index (χ2n) is 3.07. The minimum atomic E-state index is -0.452. The van der Waals surface area contributed by atoms with Crippen LogP contribution in [0.25, 0.3) is 11.3 Å². The summed E-state index contributed by atoms with van der Waals surface area (Å²) in [5.41, 5.74) is 0.939. The summed E-state index contributed by atoms with van der Waals surface area (Å²) in [6.07, 6.45) is 0. The number of aromatic nitrogens is 1. The van der Waals surface area contributed by atoms with Crippen molar-refractivity contribution in [3.63, 3.8) is 0 Å². The number of hydrogen-bond donors (Lipinski definition) is 0. The van der Waals surface area contributed by atoms with E-state index in [2.05, 4.69) is 20.9 Å². The summed E-state index contributed by atoms with van der Waals surface area (Å²) in [4.78, 5) is 4.04. The number of hydrogen-bond acceptors (Lipinski definition) is 2. The molecule has 1 nitrogen and oxygen atoms in total. The molecule has 0 aliphatic heterocycles. The van der Waals surface area contributed by atoms with Gasteiger partial charge >= 0.3 is 0 Å². The van der Waals surface area contributed by atoms with Gasteiger partial charge < -0.3 is 0 Å². The summed E-state index contributed by atoms with van der Waals surface area (Å²) in [7, 11) is 0. The van der Waals surface area contributed by atoms with Crippen LogP contribution in [0, 0.1) is 18.6 Å². The van der Waals surface area contributed by atoms with Crippen molar-refractivity contribution in [3.8, 4) is 11.3 Å². The zero-order valence-corrected chi connectivity index (χ0v) is 10.1. The molecule has 1 heterocycles. The Kier molecular flexibility index (Phi) is 2.84. The Bertz CT molecular complexity index is 510. The fourth-order valence-electron chi connectivity index (χ4n) is 1.22. The maximum absolute atomic E-state index is 13.5. The van der Waals surface area contributed by atoms with Crippen molar-refractivity contribution in [2.75, 3.05) is 0 Å². The van der Waals surface area contributed by atoms with Crippen LogP contribution >= 0.6 is 27.3 Å². The first kappa shape index (κ1) is 10.7. The Balaban J connectivity index is 2.58. The molecule has 0 aliphatic rings. The van der Waals surface area contributed by atoms with Crippen molar-refractivity contribution in [1.82, 2.24) is 4.98 Å². The van der Waals surface area contributed by atoms with E-state index >= 15 is 0 Å². The van der Waals surface area contributed by atoms with Crippen LogP contribution < -0.4 is 0 Å². The number of halogens is 3. The molecule has 0 spiro atoms. The Morgan fingerprint density at radius 1 is 1.27 bits per heavy atom. The number of nitrogens with zero attached hydrogens (tertiary/aromatic N) is 1. The van der Waals surface area contributed by atoms with E-state index in [0.29, 0.717) is 15.2 Å². The minimum Gasteiger partial charge on any atom is -0.229 e. The van der Waals surface area contributed by atoms with Gasteiger partial charge in [-0.3, -0.25) is 0 Å². The van der Waals surface area contributed by atoms with Gasteiger partial charge in [-0.05, 0) is 40.5 Å². The zero-order valence-electron chi connectivity index (χ0n) is 7.72. The molecule has 78 valence electrons. The predicted octanol–water partition coefficient (Wildman–Crippen LogP) is 4.16. The second-order valence-corrected chi connectivity index (χ2v) is 5.20. The zero-order chi connectivity index (χ0) is 11.0. The van der Waals surface area contributed by atoms with Crippen LogP contribution in [0.3, 0.4) is 0 Å². The Morgan fingerprint density at radius 3 is 2.60 bits per heavy atom. The van der Waals surface area contributed by atoms with Gasteiger partial charge in [0.05, 0.1) is 5.69 Å². The van der Waals surface area contributed by atoms with Crippen molar-refractivity contribution in [2.24, 2.45) is 0 Å². The topological polar surface area (TPSA) is 12.9 Å². The molecule has 0 atom stereocenters. The SMILES string of the molecule is Cc1cc(F)c(-c2csc(Br)n2)cc1F. The maximum atomic E-state index is 13.5. The van der Waals surface area contributed by atoms with Gasteiger partial charge in [0.1, 0.15) is 11.6 Å². The molecule has 0 radical (unpaired) electrons. The molecule has 0 unspecified atom stereocenters. The van der Waals surface area contributed by atoms with Crippen LogP contribution in [0.4, 0.5) is 8.78 Å². The molecular formula is C10H6BrF2NS. The van der Waals surface area contributed by atoms with E-state index in [1.807, 2.05) is 0 Å². The van der Waals surface area contributed by atoms with E-state index in [1.54, 1.807) is 5.38 Å². The summed E-state index contributed by atoms with van der Waals surface area (Å²) in [5.74, 6) is -0.873. The van der Waals surface area contributed by atoms with E-state index in [-0.39, 0.29) is 5.56 Å². The van der Waals surface area contributed by atoms with Gasteiger partial charge in [0, 0.05) is 10.9 Å². The van der Waals surface area contributed by atoms with Crippen LogP contribution in [-0.4, -0.2) is 4.98 Å². The van der Waals surface area contributed by atoms with E-state index in [9.17, 15) is 8.78 Å². The Morgan fingerprint density at radius 2 is 2.00 bits per heavy atom. The predicted molar refractivity (Wildman–Crippen MR) is 59.9 cm³/mol. The lowest BCUT2D eigenvalue weighted by molar-refractivity contribution is 0.595.